The van der Waals surface area contributed by atoms with Crippen LogP contribution >= 0.6 is 0 Å². The number of nitrogen functional groups attached to an aromatic ring is 1. The standard InChI is InChI=1S/C11H19N5O2S/c1-2-14-19(17,18)16-8-6-15(7-9-16)11-10(12)4-3-5-13-11/h3-5,14H,2,6-9,12H2,1H3. The van der Waals surface area contributed by atoms with Gasteiger partial charge in [-0.05, 0) is 12.1 Å². The van der Waals surface area contributed by atoms with Crippen molar-refractivity contribution < 1.29 is 8.42 Å². The Morgan fingerprint density at radius 2 is 2.05 bits per heavy atom. The molecule has 0 spiro atoms. The zero-order chi connectivity index (χ0) is 13.9. The summed E-state index contributed by atoms with van der Waals surface area (Å²) in [5, 5.41) is 0. The highest BCUT2D eigenvalue weighted by Gasteiger charge is 2.27. The lowest BCUT2D eigenvalue weighted by atomic mass is 10.3. The third kappa shape index (κ3) is 3.14. The van der Waals surface area contributed by atoms with Gasteiger partial charge in [0.25, 0.3) is 10.2 Å². The van der Waals surface area contributed by atoms with Gasteiger partial charge in [-0.2, -0.15) is 12.7 Å². The first-order chi connectivity index (χ1) is 9.04. The number of nitrogens with zero attached hydrogens (tertiary/aromatic N) is 3. The molecule has 0 unspecified atom stereocenters. The molecule has 0 aromatic carbocycles. The monoisotopic (exact) mass is 285 g/mol. The van der Waals surface area contributed by atoms with E-state index in [0.717, 1.165) is 5.82 Å². The molecule has 2 heterocycles. The van der Waals surface area contributed by atoms with Crippen LogP contribution in [0, 0.1) is 0 Å². The molecule has 19 heavy (non-hydrogen) atoms. The Kier molecular flexibility index (Phi) is 4.23. The summed E-state index contributed by atoms with van der Waals surface area (Å²) in [4.78, 5) is 6.25. The van der Waals surface area contributed by atoms with Crippen molar-refractivity contribution in [2.75, 3.05) is 43.4 Å². The second kappa shape index (κ2) is 5.72. The van der Waals surface area contributed by atoms with E-state index in [1.165, 1.54) is 4.31 Å². The third-order valence-corrected chi connectivity index (χ3v) is 4.72. The van der Waals surface area contributed by atoms with E-state index in [1.54, 1.807) is 25.3 Å². The molecule has 1 aromatic heterocycles. The molecule has 0 amide bonds. The molecule has 0 radical (unpaired) electrons. The Bertz CT molecular complexity index is 526. The molecule has 0 bridgehead atoms. The Balaban J connectivity index is 2.02. The van der Waals surface area contributed by atoms with E-state index in [1.807, 2.05) is 4.90 Å². The fraction of sp³-hybridized carbons (Fsp3) is 0.545. The molecule has 0 aliphatic carbocycles. The summed E-state index contributed by atoms with van der Waals surface area (Å²) in [6, 6.07) is 3.58. The predicted octanol–water partition coefficient (Wildman–Crippen LogP) is -0.360. The number of nitrogens with two attached hydrogens (primary N) is 1. The smallest absolute Gasteiger partial charge is 0.279 e. The van der Waals surface area contributed by atoms with E-state index in [9.17, 15) is 8.42 Å². The zero-order valence-electron chi connectivity index (χ0n) is 10.9. The first-order valence-electron chi connectivity index (χ1n) is 6.25. The number of aromatic nitrogens is 1. The van der Waals surface area contributed by atoms with Crippen LogP contribution in [0.3, 0.4) is 0 Å². The number of nitrogens with one attached hydrogen (secondary N) is 1. The van der Waals surface area contributed by atoms with Crippen molar-refractivity contribution >= 4 is 21.7 Å². The minimum atomic E-state index is -3.34. The fourth-order valence-electron chi connectivity index (χ4n) is 2.09. The lowest BCUT2D eigenvalue weighted by Crippen LogP contribution is -2.52. The van der Waals surface area contributed by atoms with Gasteiger partial charge in [-0.1, -0.05) is 6.92 Å². The maximum Gasteiger partial charge on any atom is 0.279 e. The maximum atomic E-state index is 11.9. The van der Waals surface area contributed by atoms with Gasteiger partial charge in [-0.3, -0.25) is 0 Å². The first kappa shape index (κ1) is 14.0. The molecule has 0 atom stereocenters. The molecule has 8 heteroatoms. The molecular weight excluding hydrogens is 266 g/mol. The summed E-state index contributed by atoms with van der Waals surface area (Å²) in [6.45, 7) is 4.21. The molecule has 1 fully saturated rings. The normalized spacial score (nSPS) is 17.6. The van der Waals surface area contributed by atoms with Crippen molar-refractivity contribution in [1.82, 2.24) is 14.0 Å². The van der Waals surface area contributed by atoms with E-state index < -0.39 is 10.2 Å². The van der Waals surface area contributed by atoms with Crippen LogP contribution in [0.2, 0.25) is 0 Å². The summed E-state index contributed by atoms with van der Waals surface area (Å²) in [7, 11) is -3.34. The van der Waals surface area contributed by atoms with E-state index in [2.05, 4.69) is 9.71 Å². The van der Waals surface area contributed by atoms with Crippen LogP contribution in [0.15, 0.2) is 18.3 Å². The van der Waals surface area contributed by atoms with Gasteiger partial charge in [0.1, 0.15) is 0 Å². The molecular formula is C11H19N5O2S. The fourth-order valence-corrected chi connectivity index (χ4v) is 3.28. The van der Waals surface area contributed by atoms with Crippen LogP contribution < -0.4 is 15.4 Å². The van der Waals surface area contributed by atoms with Crippen LogP contribution in [-0.4, -0.2) is 50.4 Å². The molecule has 106 valence electrons. The number of pyridine rings is 1. The molecule has 1 aliphatic heterocycles. The van der Waals surface area contributed by atoms with E-state index >= 15 is 0 Å². The van der Waals surface area contributed by atoms with Gasteiger partial charge in [0, 0.05) is 38.9 Å². The average molecular weight is 285 g/mol. The van der Waals surface area contributed by atoms with Crippen LogP contribution in [0.25, 0.3) is 0 Å². The quantitative estimate of drug-likeness (QED) is 0.788. The molecule has 7 nitrogen and oxygen atoms in total. The second-order valence-electron chi connectivity index (χ2n) is 4.31. The lowest BCUT2D eigenvalue weighted by Gasteiger charge is -2.34. The van der Waals surface area contributed by atoms with Crippen molar-refractivity contribution in [2.45, 2.75) is 6.92 Å². The molecule has 1 aromatic rings. The van der Waals surface area contributed by atoms with Gasteiger partial charge in [0.15, 0.2) is 5.82 Å². The minimum Gasteiger partial charge on any atom is -0.396 e. The Morgan fingerprint density at radius 1 is 1.37 bits per heavy atom. The molecule has 2 rings (SSSR count). The summed E-state index contributed by atoms with van der Waals surface area (Å²) in [5.41, 5.74) is 6.49. The maximum absolute atomic E-state index is 11.9. The highest BCUT2D eigenvalue weighted by molar-refractivity contribution is 7.87. The molecule has 0 saturated carbocycles. The summed E-state index contributed by atoms with van der Waals surface area (Å²) in [6.07, 6.45) is 1.69. The van der Waals surface area contributed by atoms with Gasteiger partial charge in [-0.25, -0.2) is 9.71 Å². The first-order valence-corrected chi connectivity index (χ1v) is 7.69. The summed E-state index contributed by atoms with van der Waals surface area (Å²) in [5.74, 6) is 0.725. The Morgan fingerprint density at radius 3 is 2.63 bits per heavy atom. The second-order valence-corrected chi connectivity index (χ2v) is 6.06. The number of anilines is 2. The predicted molar refractivity (Wildman–Crippen MR) is 75.0 cm³/mol. The van der Waals surface area contributed by atoms with E-state index in [4.69, 9.17) is 5.73 Å². The van der Waals surface area contributed by atoms with Crippen LogP contribution in [0.1, 0.15) is 6.92 Å². The van der Waals surface area contributed by atoms with Crippen LogP contribution in [0.4, 0.5) is 11.5 Å². The highest BCUT2D eigenvalue weighted by atomic mass is 32.2. The van der Waals surface area contributed by atoms with Gasteiger partial charge in [0.05, 0.1) is 5.69 Å². The SMILES string of the molecule is CCNS(=O)(=O)N1CCN(c2ncccc2N)CC1. The molecule has 1 aliphatic rings. The molecule has 1 saturated heterocycles. The van der Waals surface area contributed by atoms with Crippen molar-refractivity contribution in [3.05, 3.63) is 18.3 Å². The number of rotatable bonds is 4. The van der Waals surface area contributed by atoms with Crippen molar-refractivity contribution in [1.29, 1.82) is 0 Å². The van der Waals surface area contributed by atoms with Crippen LogP contribution in [0.5, 0.6) is 0 Å². The lowest BCUT2D eigenvalue weighted by molar-refractivity contribution is 0.378. The van der Waals surface area contributed by atoms with Gasteiger partial charge >= 0.3 is 0 Å². The van der Waals surface area contributed by atoms with Gasteiger partial charge in [-0.15, -0.1) is 0 Å². The highest BCUT2D eigenvalue weighted by Crippen LogP contribution is 2.20. The number of hydrogen-bond acceptors (Lipinski definition) is 5. The minimum absolute atomic E-state index is 0.399. The topological polar surface area (TPSA) is 91.6 Å². The summed E-state index contributed by atoms with van der Waals surface area (Å²) >= 11 is 0. The third-order valence-electron chi connectivity index (χ3n) is 3.02. The zero-order valence-corrected chi connectivity index (χ0v) is 11.7. The van der Waals surface area contributed by atoms with Crippen molar-refractivity contribution in [3.8, 4) is 0 Å². The largest absolute Gasteiger partial charge is 0.396 e. The number of hydrogen-bond donors (Lipinski definition) is 2. The van der Waals surface area contributed by atoms with Crippen molar-refractivity contribution in [3.63, 3.8) is 0 Å². The van der Waals surface area contributed by atoms with Crippen LogP contribution in [-0.2, 0) is 10.2 Å². The van der Waals surface area contributed by atoms with Gasteiger partial charge in [0.2, 0.25) is 0 Å². The average Bonchev–Trinajstić information content (AvgIpc) is 2.39. The summed E-state index contributed by atoms with van der Waals surface area (Å²) < 4.78 is 27.7. The van der Waals surface area contributed by atoms with Crippen molar-refractivity contribution in [2.24, 2.45) is 0 Å². The Labute approximate surface area is 113 Å². The number of piperazine rings is 1. The van der Waals surface area contributed by atoms with E-state index in [0.29, 0.717) is 38.4 Å². The van der Waals surface area contributed by atoms with E-state index in [-0.39, 0.29) is 0 Å². The molecule has 3 N–H and O–H groups in total. The Hall–Kier alpha value is -1.38. The van der Waals surface area contributed by atoms with Gasteiger partial charge < -0.3 is 10.6 Å².